The van der Waals surface area contributed by atoms with Gasteiger partial charge in [0, 0.05) is 17.8 Å². The second-order valence-electron chi connectivity index (χ2n) is 6.83. The summed E-state index contributed by atoms with van der Waals surface area (Å²) in [7, 11) is 0. The van der Waals surface area contributed by atoms with Crippen molar-refractivity contribution in [3.63, 3.8) is 0 Å². The monoisotopic (exact) mass is 323 g/mol. The SMILES string of the molecule is c1ccc2c(c1)CCN1c3ccccc3-c3nc4ccccc4n3C21. The Morgan fingerprint density at radius 2 is 1.64 bits per heavy atom. The van der Waals surface area contributed by atoms with Gasteiger partial charge in [-0.3, -0.25) is 4.57 Å². The number of imidazole rings is 1. The van der Waals surface area contributed by atoms with E-state index in [2.05, 4.69) is 82.3 Å². The normalized spacial score (nSPS) is 17.6. The van der Waals surface area contributed by atoms with Gasteiger partial charge in [0.15, 0.2) is 0 Å². The Balaban J connectivity index is 1.75. The second-order valence-corrected chi connectivity index (χ2v) is 6.83. The number of aromatic nitrogens is 2. The molecular weight excluding hydrogens is 306 g/mol. The van der Waals surface area contributed by atoms with Gasteiger partial charge < -0.3 is 4.90 Å². The maximum absolute atomic E-state index is 4.99. The zero-order chi connectivity index (χ0) is 16.4. The minimum atomic E-state index is 0.183. The predicted molar refractivity (Wildman–Crippen MR) is 101 cm³/mol. The van der Waals surface area contributed by atoms with Crippen LogP contribution < -0.4 is 4.90 Å². The van der Waals surface area contributed by atoms with E-state index in [0.717, 1.165) is 24.3 Å². The summed E-state index contributed by atoms with van der Waals surface area (Å²) >= 11 is 0. The minimum Gasteiger partial charge on any atom is -0.346 e. The lowest BCUT2D eigenvalue weighted by atomic mass is 9.93. The molecule has 0 saturated heterocycles. The van der Waals surface area contributed by atoms with E-state index >= 15 is 0 Å². The zero-order valence-corrected chi connectivity index (χ0v) is 13.8. The molecule has 0 aliphatic carbocycles. The van der Waals surface area contributed by atoms with Gasteiger partial charge in [0.2, 0.25) is 0 Å². The van der Waals surface area contributed by atoms with Crippen LogP contribution in [0.15, 0.2) is 72.8 Å². The number of anilines is 1. The first kappa shape index (κ1) is 13.2. The van der Waals surface area contributed by atoms with Crippen LogP contribution in [-0.4, -0.2) is 16.1 Å². The van der Waals surface area contributed by atoms with E-state index in [4.69, 9.17) is 4.98 Å². The lowest BCUT2D eigenvalue weighted by Crippen LogP contribution is -2.42. The summed E-state index contributed by atoms with van der Waals surface area (Å²) in [4.78, 5) is 7.54. The zero-order valence-electron chi connectivity index (χ0n) is 13.8. The fourth-order valence-electron chi connectivity index (χ4n) is 4.47. The van der Waals surface area contributed by atoms with Gasteiger partial charge >= 0.3 is 0 Å². The molecule has 1 unspecified atom stereocenters. The molecular formula is C22H17N3. The van der Waals surface area contributed by atoms with Crippen LogP contribution in [0.4, 0.5) is 5.69 Å². The van der Waals surface area contributed by atoms with Crippen LogP contribution in [0.3, 0.4) is 0 Å². The molecule has 120 valence electrons. The first-order chi connectivity index (χ1) is 12.4. The van der Waals surface area contributed by atoms with E-state index in [0.29, 0.717) is 0 Å². The average Bonchev–Trinajstić information content (AvgIpc) is 3.07. The number of fused-ring (bicyclic) bond motifs is 10. The Hall–Kier alpha value is -3.07. The molecule has 0 amide bonds. The van der Waals surface area contributed by atoms with E-state index in [1.165, 1.54) is 27.9 Å². The van der Waals surface area contributed by atoms with E-state index < -0.39 is 0 Å². The number of para-hydroxylation sites is 3. The number of rotatable bonds is 0. The smallest absolute Gasteiger partial charge is 0.145 e. The molecule has 1 atom stereocenters. The highest BCUT2D eigenvalue weighted by molar-refractivity contribution is 5.87. The molecule has 3 nitrogen and oxygen atoms in total. The number of benzene rings is 3. The molecule has 6 rings (SSSR count). The Bertz CT molecular complexity index is 1130. The topological polar surface area (TPSA) is 21.1 Å². The van der Waals surface area contributed by atoms with Crippen LogP contribution >= 0.6 is 0 Å². The van der Waals surface area contributed by atoms with Crippen molar-refractivity contribution in [3.05, 3.63) is 83.9 Å². The van der Waals surface area contributed by atoms with Crippen LogP contribution in [-0.2, 0) is 6.42 Å². The summed E-state index contributed by atoms with van der Waals surface area (Å²) in [6.07, 6.45) is 1.27. The molecule has 0 fully saturated rings. The lowest BCUT2D eigenvalue weighted by Gasteiger charge is -2.44. The first-order valence-corrected chi connectivity index (χ1v) is 8.82. The van der Waals surface area contributed by atoms with Crippen molar-refractivity contribution in [2.45, 2.75) is 12.6 Å². The summed E-state index contributed by atoms with van der Waals surface area (Å²) < 4.78 is 2.43. The summed E-state index contributed by atoms with van der Waals surface area (Å²) in [6.45, 7) is 1.03. The maximum atomic E-state index is 4.99. The van der Waals surface area contributed by atoms with E-state index in [9.17, 15) is 0 Å². The average molecular weight is 323 g/mol. The molecule has 2 aliphatic heterocycles. The van der Waals surface area contributed by atoms with Gasteiger partial charge in [-0.05, 0) is 41.8 Å². The van der Waals surface area contributed by atoms with Gasteiger partial charge in [-0.1, -0.05) is 48.5 Å². The van der Waals surface area contributed by atoms with E-state index in [-0.39, 0.29) is 6.17 Å². The molecule has 0 N–H and O–H groups in total. The van der Waals surface area contributed by atoms with Crippen molar-refractivity contribution in [2.24, 2.45) is 0 Å². The van der Waals surface area contributed by atoms with E-state index in [1.54, 1.807) is 0 Å². The largest absolute Gasteiger partial charge is 0.346 e. The molecule has 4 aromatic rings. The molecule has 0 bridgehead atoms. The van der Waals surface area contributed by atoms with Gasteiger partial charge in [0.25, 0.3) is 0 Å². The first-order valence-electron chi connectivity index (χ1n) is 8.82. The van der Waals surface area contributed by atoms with Gasteiger partial charge in [-0.2, -0.15) is 0 Å². The highest BCUT2D eigenvalue weighted by Gasteiger charge is 2.37. The fourth-order valence-corrected chi connectivity index (χ4v) is 4.47. The van der Waals surface area contributed by atoms with Crippen LogP contribution in [0.25, 0.3) is 22.4 Å². The van der Waals surface area contributed by atoms with Crippen molar-refractivity contribution in [2.75, 3.05) is 11.4 Å². The van der Waals surface area contributed by atoms with Crippen molar-refractivity contribution in [3.8, 4) is 11.4 Å². The summed E-state index contributed by atoms with van der Waals surface area (Å²) in [5.74, 6) is 1.08. The lowest BCUT2D eigenvalue weighted by molar-refractivity contribution is 0.518. The van der Waals surface area contributed by atoms with E-state index in [1.807, 2.05) is 0 Å². The number of hydrogen-bond donors (Lipinski definition) is 0. The molecule has 2 aliphatic rings. The van der Waals surface area contributed by atoms with Crippen LogP contribution in [0.2, 0.25) is 0 Å². The Morgan fingerprint density at radius 1 is 0.840 bits per heavy atom. The highest BCUT2D eigenvalue weighted by Crippen LogP contribution is 2.46. The standard InChI is InChI=1S/C22H17N3/c1-2-8-16-15(7-1)13-14-24-19-11-5-3-9-17(19)21-23-18-10-4-6-12-20(18)25(21)22(16)24/h1-12,22H,13-14H2. The van der Waals surface area contributed by atoms with Crippen LogP contribution in [0.5, 0.6) is 0 Å². The van der Waals surface area contributed by atoms with Gasteiger partial charge in [0.05, 0.1) is 11.0 Å². The summed E-state index contributed by atoms with van der Waals surface area (Å²) in [5.41, 5.74) is 7.65. The molecule has 0 saturated carbocycles. The number of nitrogens with zero attached hydrogens (tertiary/aromatic N) is 3. The highest BCUT2D eigenvalue weighted by atomic mass is 15.3. The summed E-state index contributed by atoms with van der Waals surface area (Å²) in [6, 6.07) is 26.0. The van der Waals surface area contributed by atoms with Crippen LogP contribution in [0.1, 0.15) is 17.3 Å². The molecule has 0 spiro atoms. The fraction of sp³-hybridized carbons (Fsp3) is 0.136. The molecule has 25 heavy (non-hydrogen) atoms. The van der Waals surface area contributed by atoms with Gasteiger partial charge in [-0.15, -0.1) is 0 Å². The third-order valence-electron chi connectivity index (χ3n) is 5.55. The van der Waals surface area contributed by atoms with Crippen molar-refractivity contribution in [1.29, 1.82) is 0 Å². The van der Waals surface area contributed by atoms with Gasteiger partial charge in [0.1, 0.15) is 12.0 Å². The van der Waals surface area contributed by atoms with Crippen molar-refractivity contribution < 1.29 is 0 Å². The van der Waals surface area contributed by atoms with Crippen molar-refractivity contribution >= 4 is 16.7 Å². The Morgan fingerprint density at radius 3 is 2.64 bits per heavy atom. The molecule has 3 heterocycles. The quantitative estimate of drug-likeness (QED) is 0.470. The molecule has 3 heteroatoms. The predicted octanol–water partition coefficient (Wildman–Crippen LogP) is 4.63. The molecule has 3 aromatic carbocycles. The maximum Gasteiger partial charge on any atom is 0.145 e. The Kier molecular flexibility index (Phi) is 2.51. The number of hydrogen-bond acceptors (Lipinski definition) is 2. The summed E-state index contributed by atoms with van der Waals surface area (Å²) in [5, 5.41) is 0. The third-order valence-corrected chi connectivity index (χ3v) is 5.55. The molecule has 1 aromatic heterocycles. The third kappa shape index (κ3) is 1.67. The van der Waals surface area contributed by atoms with Gasteiger partial charge in [-0.25, -0.2) is 4.98 Å². The Labute approximate surface area is 146 Å². The second kappa shape index (κ2) is 4.73. The van der Waals surface area contributed by atoms with Crippen molar-refractivity contribution in [1.82, 2.24) is 9.55 Å². The minimum absolute atomic E-state index is 0.183. The van der Waals surface area contributed by atoms with Crippen LogP contribution in [0, 0.1) is 0 Å². The molecule has 0 radical (unpaired) electrons.